The van der Waals surface area contributed by atoms with Gasteiger partial charge in [0.1, 0.15) is 0 Å². The first-order valence-electron chi connectivity index (χ1n) is 11.8. The Morgan fingerprint density at radius 1 is 0.971 bits per heavy atom. The Hall–Kier alpha value is -3.88. The third-order valence-electron chi connectivity index (χ3n) is 5.17. The zero-order valence-electron chi connectivity index (χ0n) is 20.3. The molecular weight excluding hydrogens is 450 g/mol. The van der Waals surface area contributed by atoms with E-state index in [2.05, 4.69) is 10.4 Å². The van der Waals surface area contributed by atoms with Crippen LogP contribution in [0.5, 0.6) is 11.5 Å². The number of nitrogens with zero attached hydrogens (tertiary/aromatic N) is 2. The van der Waals surface area contributed by atoms with Crippen LogP contribution in [0, 0.1) is 0 Å². The van der Waals surface area contributed by atoms with E-state index in [-0.39, 0.29) is 11.3 Å². The van der Waals surface area contributed by atoms with Crippen molar-refractivity contribution in [1.82, 2.24) is 15.1 Å². The molecule has 0 spiro atoms. The highest BCUT2D eigenvalue weighted by Gasteiger charge is 2.19. The summed E-state index contributed by atoms with van der Waals surface area (Å²) in [5.41, 5.74) is 0.723. The summed E-state index contributed by atoms with van der Waals surface area (Å²) in [6.45, 7) is 7.07. The summed E-state index contributed by atoms with van der Waals surface area (Å²) >= 11 is 0. The number of ether oxygens (including phenoxy) is 3. The molecule has 0 bridgehead atoms. The van der Waals surface area contributed by atoms with Gasteiger partial charge in [-0.25, -0.2) is 9.48 Å². The van der Waals surface area contributed by atoms with Crippen LogP contribution in [0.3, 0.4) is 0 Å². The summed E-state index contributed by atoms with van der Waals surface area (Å²) in [7, 11) is 0. The van der Waals surface area contributed by atoms with Crippen molar-refractivity contribution >= 4 is 22.6 Å². The van der Waals surface area contributed by atoms with Crippen LogP contribution < -0.4 is 20.3 Å². The van der Waals surface area contributed by atoms with Gasteiger partial charge in [-0.05, 0) is 50.5 Å². The third-order valence-corrected chi connectivity index (χ3v) is 5.17. The number of aromatic nitrogens is 2. The second kappa shape index (κ2) is 12.5. The van der Waals surface area contributed by atoms with E-state index >= 15 is 0 Å². The first kappa shape index (κ1) is 25.7. The normalized spacial score (nSPS) is 10.7. The zero-order chi connectivity index (χ0) is 25.2. The SMILES string of the molecule is CCCn1nc(C(=O)OCC(=O)NCCc2ccc(OCC)c(OCC)c2)c2ccccc2c1=O. The van der Waals surface area contributed by atoms with Gasteiger partial charge in [-0.1, -0.05) is 31.2 Å². The molecule has 35 heavy (non-hydrogen) atoms. The van der Waals surface area contributed by atoms with Crippen LogP contribution in [0.1, 0.15) is 43.2 Å². The molecule has 0 fully saturated rings. The van der Waals surface area contributed by atoms with E-state index < -0.39 is 18.5 Å². The van der Waals surface area contributed by atoms with Crippen molar-refractivity contribution in [3.63, 3.8) is 0 Å². The molecule has 0 radical (unpaired) electrons. The number of carbonyl (C=O) groups is 2. The Balaban J connectivity index is 1.58. The van der Waals surface area contributed by atoms with Crippen LogP contribution in [0.15, 0.2) is 47.3 Å². The van der Waals surface area contributed by atoms with Gasteiger partial charge in [-0.3, -0.25) is 9.59 Å². The molecule has 0 unspecified atom stereocenters. The van der Waals surface area contributed by atoms with Crippen LogP contribution >= 0.6 is 0 Å². The quantitative estimate of drug-likeness (QED) is 0.396. The number of aryl methyl sites for hydroxylation is 1. The fourth-order valence-electron chi connectivity index (χ4n) is 3.60. The maximum atomic E-state index is 12.7. The van der Waals surface area contributed by atoms with Gasteiger partial charge < -0.3 is 19.5 Å². The van der Waals surface area contributed by atoms with Crippen LogP contribution in [-0.2, 0) is 22.5 Å². The van der Waals surface area contributed by atoms with Gasteiger partial charge in [0, 0.05) is 18.5 Å². The maximum absolute atomic E-state index is 12.7. The highest BCUT2D eigenvalue weighted by molar-refractivity contribution is 6.02. The minimum absolute atomic E-state index is 0.0132. The Kier molecular flexibility index (Phi) is 9.23. The number of fused-ring (bicyclic) bond motifs is 1. The molecule has 9 heteroatoms. The molecule has 3 rings (SSSR count). The zero-order valence-corrected chi connectivity index (χ0v) is 20.3. The summed E-state index contributed by atoms with van der Waals surface area (Å²) < 4.78 is 17.7. The monoisotopic (exact) mass is 481 g/mol. The fourth-order valence-corrected chi connectivity index (χ4v) is 3.60. The summed E-state index contributed by atoms with van der Waals surface area (Å²) in [4.78, 5) is 37.5. The highest BCUT2D eigenvalue weighted by Crippen LogP contribution is 2.28. The van der Waals surface area contributed by atoms with Crippen molar-refractivity contribution in [3.8, 4) is 11.5 Å². The lowest BCUT2D eigenvalue weighted by molar-refractivity contribution is -0.124. The Bertz CT molecular complexity index is 1240. The largest absolute Gasteiger partial charge is 0.490 e. The Morgan fingerprint density at radius 2 is 1.69 bits per heavy atom. The minimum Gasteiger partial charge on any atom is -0.490 e. The van der Waals surface area contributed by atoms with E-state index in [4.69, 9.17) is 14.2 Å². The van der Waals surface area contributed by atoms with Gasteiger partial charge >= 0.3 is 5.97 Å². The van der Waals surface area contributed by atoms with Crippen molar-refractivity contribution < 1.29 is 23.8 Å². The second-order valence-electron chi connectivity index (χ2n) is 7.75. The number of carbonyl (C=O) groups excluding carboxylic acids is 2. The standard InChI is InChI=1S/C26H31N3O6/c1-4-15-29-25(31)20-10-8-7-9-19(20)24(28-29)26(32)35-17-23(30)27-14-13-18-11-12-21(33-5-2)22(16-18)34-6-3/h7-12,16H,4-6,13-15,17H2,1-3H3,(H,27,30). The third kappa shape index (κ3) is 6.59. The molecule has 1 heterocycles. The van der Waals surface area contributed by atoms with Crippen LogP contribution in [0.2, 0.25) is 0 Å². The van der Waals surface area contributed by atoms with Gasteiger partial charge in [-0.2, -0.15) is 5.10 Å². The van der Waals surface area contributed by atoms with E-state index in [1.807, 2.05) is 39.0 Å². The molecule has 9 nitrogen and oxygen atoms in total. The predicted molar refractivity (Wildman–Crippen MR) is 132 cm³/mol. The lowest BCUT2D eigenvalue weighted by Gasteiger charge is -2.13. The molecule has 0 aliphatic heterocycles. The number of benzene rings is 2. The molecule has 1 amide bonds. The predicted octanol–water partition coefficient (Wildman–Crippen LogP) is 3.12. The van der Waals surface area contributed by atoms with Crippen LogP contribution in [0.4, 0.5) is 0 Å². The van der Waals surface area contributed by atoms with E-state index in [0.29, 0.717) is 61.4 Å². The summed E-state index contributed by atoms with van der Waals surface area (Å²) in [6.07, 6.45) is 1.25. The van der Waals surface area contributed by atoms with Gasteiger partial charge in [-0.15, -0.1) is 0 Å². The molecule has 0 atom stereocenters. The molecule has 3 aromatic rings. The first-order chi connectivity index (χ1) is 17.0. The van der Waals surface area contributed by atoms with Crippen LogP contribution in [-0.4, -0.2) is 48.0 Å². The Labute approximate surface area is 204 Å². The molecule has 0 aliphatic rings. The molecule has 0 saturated carbocycles. The van der Waals surface area contributed by atoms with Crippen molar-refractivity contribution in [3.05, 3.63) is 64.1 Å². The van der Waals surface area contributed by atoms with E-state index in [1.165, 1.54) is 4.68 Å². The first-order valence-corrected chi connectivity index (χ1v) is 11.8. The molecular formula is C26H31N3O6. The smallest absolute Gasteiger partial charge is 0.359 e. The second-order valence-corrected chi connectivity index (χ2v) is 7.75. The number of hydrogen-bond acceptors (Lipinski definition) is 7. The van der Waals surface area contributed by atoms with Gasteiger partial charge in [0.25, 0.3) is 11.5 Å². The average Bonchev–Trinajstić information content (AvgIpc) is 2.86. The lowest BCUT2D eigenvalue weighted by Crippen LogP contribution is -2.31. The van der Waals surface area contributed by atoms with Crippen molar-refractivity contribution in [2.75, 3.05) is 26.4 Å². The van der Waals surface area contributed by atoms with Crippen LogP contribution in [0.25, 0.3) is 10.8 Å². The highest BCUT2D eigenvalue weighted by atomic mass is 16.5. The number of nitrogens with one attached hydrogen (secondary N) is 1. The topological polar surface area (TPSA) is 109 Å². The molecule has 0 aliphatic carbocycles. The van der Waals surface area contributed by atoms with E-state index in [9.17, 15) is 14.4 Å². The number of amides is 1. The molecule has 2 aromatic carbocycles. The van der Waals surface area contributed by atoms with Gasteiger partial charge in [0.05, 0.1) is 18.6 Å². The number of hydrogen-bond donors (Lipinski definition) is 1. The van der Waals surface area contributed by atoms with E-state index in [0.717, 1.165) is 5.56 Å². The van der Waals surface area contributed by atoms with E-state index in [1.54, 1.807) is 24.3 Å². The summed E-state index contributed by atoms with van der Waals surface area (Å²) in [6, 6.07) is 12.4. The summed E-state index contributed by atoms with van der Waals surface area (Å²) in [5.74, 6) is 0.159. The fraction of sp³-hybridized carbons (Fsp3) is 0.385. The molecule has 186 valence electrons. The summed E-state index contributed by atoms with van der Waals surface area (Å²) in [5, 5.41) is 7.71. The molecule has 1 N–H and O–H groups in total. The van der Waals surface area contributed by atoms with Crippen molar-refractivity contribution in [1.29, 1.82) is 0 Å². The van der Waals surface area contributed by atoms with Gasteiger partial charge in [0.15, 0.2) is 23.8 Å². The Morgan fingerprint density at radius 3 is 2.40 bits per heavy atom. The number of esters is 1. The lowest BCUT2D eigenvalue weighted by atomic mass is 10.1. The number of rotatable bonds is 12. The van der Waals surface area contributed by atoms with Crippen molar-refractivity contribution in [2.45, 2.75) is 40.2 Å². The van der Waals surface area contributed by atoms with Gasteiger partial charge in [0.2, 0.25) is 0 Å². The average molecular weight is 482 g/mol. The van der Waals surface area contributed by atoms with Crippen molar-refractivity contribution in [2.24, 2.45) is 0 Å². The molecule has 0 saturated heterocycles. The molecule has 1 aromatic heterocycles. The minimum atomic E-state index is -0.755. The maximum Gasteiger partial charge on any atom is 0.359 e.